The Morgan fingerprint density at radius 2 is 1.77 bits per heavy atom. The summed E-state index contributed by atoms with van der Waals surface area (Å²) in [4.78, 5) is 17.9. The SMILES string of the molecule is CCCC[C@H]1CC[C@H](Oc2ccc3cc([C@@](C)(N)COP(=O)(O)O)ccc3c2)CC1. The van der Waals surface area contributed by atoms with Crippen LogP contribution in [-0.4, -0.2) is 22.5 Å². The van der Waals surface area contributed by atoms with Gasteiger partial charge in [0.25, 0.3) is 0 Å². The number of rotatable bonds is 9. The molecule has 6 nitrogen and oxygen atoms in total. The van der Waals surface area contributed by atoms with Crippen LogP contribution >= 0.6 is 7.82 Å². The van der Waals surface area contributed by atoms with Crippen molar-refractivity contribution in [2.24, 2.45) is 11.7 Å². The highest BCUT2D eigenvalue weighted by Gasteiger charge is 2.27. The zero-order chi connectivity index (χ0) is 21.8. The van der Waals surface area contributed by atoms with Gasteiger partial charge in [0.15, 0.2) is 0 Å². The summed E-state index contributed by atoms with van der Waals surface area (Å²) in [7, 11) is -4.56. The number of hydrogen-bond donors (Lipinski definition) is 3. The molecule has 7 heteroatoms. The number of phosphoric ester groups is 1. The highest BCUT2D eigenvalue weighted by molar-refractivity contribution is 7.46. The monoisotopic (exact) mass is 435 g/mol. The molecular weight excluding hydrogens is 401 g/mol. The van der Waals surface area contributed by atoms with Gasteiger partial charge in [-0.05, 0) is 73.1 Å². The molecule has 4 N–H and O–H groups in total. The van der Waals surface area contributed by atoms with E-state index in [-0.39, 0.29) is 12.7 Å². The van der Waals surface area contributed by atoms with Crippen LogP contribution in [0.4, 0.5) is 0 Å². The van der Waals surface area contributed by atoms with Crippen LogP contribution in [0.2, 0.25) is 0 Å². The second-order valence-corrected chi connectivity index (χ2v) is 10.0. The number of fused-ring (bicyclic) bond motifs is 1. The van der Waals surface area contributed by atoms with Gasteiger partial charge in [-0.3, -0.25) is 4.52 Å². The van der Waals surface area contributed by atoms with Gasteiger partial charge in [0.1, 0.15) is 5.75 Å². The third-order valence-electron chi connectivity index (χ3n) is 6.07. The predicted molar refractivity (Wildman–Crippen MR) is 119 cm³/mol. The number of phosphoric acid groups is 1. The van der Waals surface area contributed by atoms with E-state index in [4.69, 9.17) is 20.3 Å². The maximum absolute atomic E-state index is 11.0. The van der Waals surface area contributed by atoms with Crippen molar-refractivity contribution in [3.63, 3.8) is 0 Å². The van der Waals surface area contributed by atoms with Gasteiger partial charge in [-0.2, -0.15) is 0 Å². The quantitative estimate of drug-likeness (QED) is 0.465. The molecule has 1 atom stereocenters. The van der Waals surface area contributed by atoms with Crippen molar-refractivity contribution in [2.45, 2.75) is 70.4 Å². The van der Waals surface area contributed by atoms with Crippen LogP contribution in [0.3, 0.4) is 0 Å². The van der Waals surface area contributed by atoms with Gasteiger partial charge in [0.2, 0.25) is 0 Å². The topological polar surface area (TPSA) is 102 Å². The molecule has 0 spiro atoms. The Kier molecular flexibility index (Phi) is 7.59. The summed E-state index contributed by atoms with van der Waals surface area (Å²) in [6, 6.07) is 11.8. The number of nitrogens with two attached hydrogens (primary N) is 1. The summed E-state index contributed by atoms with van der Waals surface area (Å²) in [6.07, 6.45) is 9.00. The highest BCUT2D eigenvalue weighted by Crippen LogP contribution is 2.38. The van der Waals surface area contributed by atoms with Crippen molar-refractivity contribution in [1.29, 1.82) is 0 Å². The average molecular weight is 436 g/mol. The highest BCUT2D eigenvalue weighted by atomic mass is 31.2. The predicted octanol–water partition coefficient (Wildman–Crippen LogP) is 5.25. The minimum absolute atomic E-state index is 0.273. The first kappa shape index (κ1) is 23.2. The normalized spacial score (nSPS) is 22.0. The lowest BCUT2D eigenvalue weighted by molar-refractivity contribution is 0.128. The lowest BCUT2D eigenvalue weighted by Crippen LogP contribution is -2.37. The van der Waals surface area contributed by atoms with E-state index < -0.39 is 13.4 Å². The molecule has 2 aromatic carbocycles. The third-order valence-corrected chi connectivity index (χ3v) is 6.53. The van der Waals surface area contributed by atoms with E-state index in [0.717, 1.165) is 40.8 Å². The van der Waals surface area contributed by atoms with Gasteiger partial charge in [-0.1, -0.05) is 44.4 Å². The average Bonchev–Trinajstić information content (AvgIpc) is 2.71. The van der Waals surface area contributed by atoms with Crippen LogP contribution < -0.4 is 10.5 Å². The second kappa shape index (κ2) is 9.80. The minimum Gasteiger partial charge on any atom is -0.490 e. The van der Waals surface area contributed by atoms with Crippen molar-refractivity contribution in [2.75, 3.05) is 6.61 Å². The molecule has 0 saturated heterocycles. The fourth-order valence-electron chi connectivity index (χ4n) is 4.18. The van der Waals surface area contributed by atoms with Gasteiger partial charge in [-0.15, -0.1) is 0 Å². The van der Waals surface area contributed by atoms with E-state index in [9.17, 15) is 4.57 Å². The van der Waals surface area contributed by atoms with Crippen molar-refractivity contribution in [3.8, 4) is 5.75 Å². The lowest BCUT2D eigenvalue weighted by Gasteiger charge is -2.29. The molecule has 3 rings (SSSR count). The maximum Gasteiger partial charge on any atom is 0.469 e. The standard InChI is InChI=1S/C23H34NO5P/c1-3-4-5-17-6-11-21(12-7-17)29-22-13-9-18-14-20(10-8-19(18)15-22)23(2,24)16-28-30(25,26)27/h8-10,13-15,17,21H,3-7,11-12,16,24H2,1-2H3,(H2,25,26,27)/t17-,21-,23-/m0/s1. The molecule has 0 radical (unpaired) electrons. The third kappa shape index (κ3) is 6.53. The second-order valence-electron chi connectivity index (χ2n) is 8.81. The smallest absolute Gasteiger partial charge is 0.469 e. The van der Waals surface area contributed by atoms with E-state index >= 15 is 0 Å². The molecule has 0 aromatic heterocycles. The molecule has 0 unspecified atom stereocenters. The molecule has 0 heterocycles. The van der Waals surface area contributed by atoms with Gasteiger partial charge in [0, 0.05) is 0 Å². The number of unbranched alkanes of at least 4 members (excludes halogenated alkanes) is 1. The van der Waals surface area contributed by atoms with Crippen LogP contribution in [0.5, 0.6) is 5.75 Å². The first-order valence-corrected chi connectivity index (χ1v) is 12.4. The van der Waals surface area contributed by atoms with Crippen LogP contribution in [0.1, 0.15) is 64.4 Å². The van der Waals surface area contributed by atoms with E-state index in [2.05, 4.69) is 11.4 Å². The van der Waals surface area contributed by atoms with E-state index in [1.807, 2.05) is 36.4 Å². The van der Waals surface area contributed by atoms with Gasteiger partial charge in [0.05, 0.1) is 18.2 Å². The molecule has 0 bridgehead atoms. The van der Waals surface area contributed by atoms with Crippen LogP contribution in [0.25, 0.3) is 10.8 Å². The molecule has 0 amide bonds. The fourth-order valence-corrected chi connectivity index (χ4v) is 4.61. The summed E-state index contributed by atoms with van der Waals surface area (Å²) in [5.74, 6) is 1.74. The lowest BCUT2D eigenvalue weighted by atomic mass is 9.84. The van der Waals surface area contributed by atoms with Gasteiger partial charge < -0.3 is 20.3 Å². The van der Waals surface area contributed by atoms with E-state index in [1.54, 1.807) is 6.92 Å². The van der Waals surface area contributed by atoms with Gasteiger partial charge >= 0.3 is 7.82 Å². The van der Waals surface area contributed by atoms with Crippen LogP contribution in [0.15, 0.2) is 36.4 Å². The molecule has 30 heavy (non-hydrogen) atoms. The minimum atomic E-state index is -4.56. The molecule has 166 valence electrons. The van der Waals surface area contributed by atoms with Crippen LogP contribution in [-0.2, 0) is 14.6 Å². The van der Waals surface area contributed by atoms with Crippen molar-refractivity contribution < 1.29 is 23.6 Å². The number of ether oxygens (including phenoxy) is 1. The first-order chi connectivity index (χ1) is 14.2. The summed E-state index contributed by atoms with van der Waals surface area (Å²) in [6.45, 7) is 3.67. The number of benzene rings is 2. The molecule has 1 fully saturated rings. The van der Waals surface area contributed by atoms with Crippen molar-refractivity contribution in [3.05, 3.63) is 42.0 Å². The Morgan fingerprint density at radius 3 is 2.43 bits per heavy atom. The van der Waals surface area contributed by atoms with E-state index in [1.165, 1.54) is 32.1 Å². The van der Waals surface area contributed by atoms with Crippen molar-refractivity contribution in [1.82, 2.24) is 0 Å². The number of hydrogen-bond acceptors (Lipinski definition) is 4. The zero-order valence-electron chi connectivity index (χ0n) is 17.9. The van der Waals surface area contributed by atoms with E-state index in [0.29, 0.717) is 0 Å². The molecule has 0 aliphatic heterocycles. The Balaban J connectivity index is 1.63. The molecule has 1 saturated carbocycles. The molecule has 1 aliphatic rings. The van der Waals surface area contributed by atoms with Gasteiger partial charge in [-0.25, -0.2) is 4.57 Å². The fraction of sp³-hybridized carbons (Fsp3) is 0.565. The first-order valence-electron chi connectivity index (χ1n) is 10.9. The Labute approximate surface area is 179 Å². The summed E-state index contributed by atoms with van der Waals surface area (Å²) < 4.78 is 21.9. The summed E-state index contributed by atoms with van der Waals surface area (Å²) in [5.41, 5.74) is 5.98. The Hall–Kier alpha value is -1.43. The molecular formula is C23H34NO5P. The molecule has 2 aromatic rings. The summed E-state index contributed by atoms with van der Waals surface area (Å²) in [5, 5.41) is 2.04. The Morgan fingerprint density at radius 1 is 1.10 bits per heavy atom. The maximum atomic E-state index is 11.0. The largest absolute Gasteiger partial charge is 0.490 e. The Bertz CT molecular complexity index is 886. The zero-order valence-corrected chi connectivity index (χ0v) is 18.8. The summed E-state index contributed by atoms with van der Waals surface area (Å²) >= 11 is 0. The molecule has 1 aliphatic carbocycles. The van der Waals surface area contributed by atoms with Crippen LogP contribution in [0, 0.1) is 5.92 Å². The van der Waals surface area contributed by atoms with Crippen molar-refractivity contribution >= 4 is 18.6 Å².